The third-order valence-electron chi connectivity index (χ3n) is 1.54. The number of benzene rings is 1. The van der Waals surface area contributed by atoms with Gasteiger partial charge in [0.15, 0.2) is 21.2 Å². The molecule has 0 aliphatic heterocycles. The van der Waals surface area contributed by atoms with Crippen LogP contribution < -0.4 is 9.88 Å². The zero-order valence-electron chi connectivity index (χ0n) is 7.86. The molecule has 0 aliphatic rings. The van der Waals surface area contributed by atoms with Crippen LogP contribution in [0.3, 0.4) is 0 Å². The number of rotatable bonds is 3. The normalized spacial score (nSPS) is 12.5. The molecule has 10 heteroatoms. The second kappa shape index (κ2) is 4.86. The Hall–Kier alpha value is -0.750. The Morgan fingerprint density at radius 2 is 1.88 bits per heavy atom. The summed E-state index contributed by atoms with van der Waals surface area (Å²) in [7, 11) is -4.24. The summed E-state index contributed by atoms with van der Waals surface area (Å²) in [5, 5.41) is 4.78. The average molecular weight is 383 g/mol. The second-order valence-electron chi connectivity index (χ2n) is 2.74. The summed E-state index contributed by atoms with van der Waals surface area (Å²) in [6, 6.07) is 2.85. The van der Waals surface area contributed by atoms with Crippen LogP contribution >= 0.6 is 21.2 Å². The van der Waals surface area contributed by atoms with E-state index in [-0.39, 0.29) is 0 Å². The van der Waals surface area contributed by atoms with Crippen molar-refractivity contribution in [1.29, 1.82) is 0 Å². The SMILES string of the molecule is NS(=O)(=O)c1cccc(OC(F)(F)F)c1I=O. The van der Waals surface area contributed by atoms with Crippen molar-refractivity contribution < 1.29 is 29.4 Å². The van der Waals surface area contributed by atoms with Crippen LogP contribution in [0.25, 0.3) is 0 Å². The molecule has 0 unspecified atom stereocenters. The predicted molar refractivity (Wildman–Crippen MR) is 57.9 cm³/mol. The first-order chi connectivity index (χ1) is 7.65. The fourth-order valence-corrected chi connectivity index (χ4v) is 3.64. The third kappa shape index (κ3) is 3.89. The van der Waals surface area contributed by atoms with Gasteiger partial charge in [0.25, 0.3) is 0 Å². The van der Waals surface area contributed by atoms with Crippen LogP contribution in [-0.4, -0.2) is 14.8 Å². The van der Waals surface area contributed by atoms with Gasteiger partial charge in [0.2, 0.25) is 10.0 Å². The minimum absolute atomic E-state index is 0.536. The van der Waals surface area contributed by atoms with E-state index in [4.69, 9.17) is 5.14 Å². The Morgan fingerprint density at radius 3 is 2.29 bits per heavy atom. The minimum atomic E-state index is -5.00. The van der Waals surface area contributed by atoms with Crippen LogP contribution in [0.4, 0.5) is 13.2 Å². The highest BCUT2D eigenvalue weighted by atomic mass is 127. The van der Waals surface area contributed by atoms with Crippen LogP contribution in [0.15, 0.2) is 23.1 Å². The third-order valence-corrected chi connectivity index (χ3v) is 4.41. The second-order valence-corrected chi connectivity index (χ2v) is 5.79. The fraction of sp³-hybridized carbons (Fsp3) is 0.143. The van der Waals surface area contributed by atoms with Gasteiger partial charge in [-0.05, 0) is 12.1 Å². The van der Waals surface area contributed by atoms with Gasteiger partial charge in [-0.1, -0.05) is 6.07 Å². The van der Waals surface area contributed by atoms with Crippen LogP contribution in [0.5, 0.6) is 5.75 Å². The summed E-state index contributed by atoms with van der Waals surface area (Å²) >= 11 is -2.19. The summed E-state index contributed by atoms with van der Waals surface area (Å²) in [6.07, 6.45) is -5.00. The molecular formula is C7H5F3INO4S. The number of alkyl halides is 3. The molecule has 0 heterocycles. The van der Waals surface area contributed by atoms with E-state index in [1.54, 1.807) is 0 Å². The summed E-state index contributed by atoms with van der Waals surface area (Å²) in [6.45, 7) is 0. The van der Waals surface area contributed by atoms with E-state index >= 15 is 0 Å². The number of halogens is 4. The van der Waals surface area contributed by atoms with Crippen LogP contribution in [0.2, 0.25) is 0 Å². The standard InChI is InChI=1S/C7H5F3INO4S/c8-7(9,10)16-4-2-1-3-5(6(4)11-13)17(12,14)15/h1-3H,(H2,12,14,15). The van der Waals surface area contributed by atoms with Gasteiger partial charge in [0.1, 0.15) is 14.2 Å². The largest absolute Gasteiger partial charge is 0.573 e. The molecule has 17 heavy (non-hydrogen) atoms. The Kier molecular flexibility index (Phi) is 4.09. The van der Waals surface area contributed by atoms with Crippen molar-refractivity contribution in [3.8, 4) is 5.75 Å². The summed E-state index contributed by atoms with van der Waals surface area (Å²) < 4.78 is 72.0. The Balaban J connectivity index is 3.40. The van der Waals surface area contributed by atoms with Gasteiger partial charge in [-0.15, -0.1) is 13.2 Å². The molecule has 1 aromatic carbocycles. The van der Waals surface area contributed by atoms with E-state index in [1.807, 2.05) is 0 Å². The maximum Gasteiger partial charge on any atom is 0.573 e. The van der Waals surface area contributed by atoms with Crippen molar-refractivity contribution in [2.75, 3.05) is 0 Å². The average Bonchev–Trinajstić information content (AvgIpc) is 2.13. The quantitative estimate of drug-likeness (QED) is 0.806. The van der Waals surface area contributed by atoms with Crippen molar-refractivity contribution in [1.82, 2.24) is 0 Å². The van der Waals surface area contributed by atoms with E-state index in [9.17, 15) is 24.7 Å². The number of hydrogen-bond acceptors (Lipinski definition) is 4. The fourth-order valence-electron chi connectivity index (χ4n) is 0.990. The van der Waals surface area contributed by atoms with E-state index < -0.39 is 51.8 Å². The topological polar surface area (TPSA) is 86.5 Å². The van der Waals surface area contributed by atoms with Crippen molar-refractivity contribution in [2.45, 2.75) is 11.3 Å². The maximum atomic E-state index is 12.0. The molecule has 2 N–H and O–H groups in total. The number of nitrogens with two attached hydrogens (primary N) is 1. The molecule has 0 saturated carbocycles. The summed E-state index contributed by atoms with van der Waals surface area (Å²) in [5.41, 5.74) is 0. The molecular weight excluding hydrogens is 378 g/mol. The van der Waals surface area contributed by atoms with E-state index in [0.29, 0.717) is 0 Å². The lowest BCUT2D eigenvalue weighted by molar-refractivity contribution is -0.275. The zero-order valence-corrected chi connectivity index (χ0v) is 10.8. The van der Waals surface area contributed by atoms with Crippen molar-refractivity contribution in [3.05, 3.63) is 21.8 Å². The Bertz CT molecular complexity index is 543. The molecule has 0 aromatic heterocycles. The van der Waals surface area contributed by atoms with Crippen molar-refractivity contribution in [3.63, 3.8) is 0 Å². The van der Waals surface area contributed by atoms with Gasteiger partial charge in [-0.2, -0.15) is 0 Å². The highest BCUT2D eigenvalue weighted by Crippen LogP contribution is 2.33. The van der Waals surface area contributed by atoms with Crippen LogP contribution in [-0.2, 0) is 13.1 Å². The first-order valence-corrected chi connectivity index (χ1v) is 7.34. The molecule has 1 aromatic rings. The Morgan fingerprint density at radius 1 is 1.29 bits per heavy atom. The van der Waals surface area contributed by atoms with Gasteiger partial charge in [0, 0.05) is 0 Å². The number of sulfonamides is 1. The Labute approximate surface area is 104 Å². The van der Waals surface area contributed by atoms with Gasteiger partial charge in [0.05, 0.1) is 0 Å². The minimum Gasteiger partial charge on any atom is -0.405 e. The number of primary sulfonamides is 1. The number of ether oxygens (including phenoxy) is 1. The zero-order chi connectivity index (χ0) is 13.3. The highest BCUT2D eigenvalue weighted by molar-refractivity contribution is 14.1. The van der Waals surface area contributed by atoms with Gasteiger partial charge in [-0.25, -0.2) is 13.6 Å². The molecule has 1 rings (SSSR count). The lowest BCUT2D eigenvalue weighted by Gasteiger charge is -2.11. The molecule has 0 saturated heterocycles. The van der Waals surface area contributed by atoms with Crippen molar-refractivity contribution in [2.24, 2.45) is 5.14 Å². The first-order valence-electron chi connectivity index (χ1n) is 3.84. The lowest BCUT2D eigenvalue weighted by atomic mass is 10.3. The molecule has 0 aliphatic carbocycles. The monoisotopic (exact) mass is 383 g/mol. The molecule has 0 amide bonds. The molecule has 0 bridgehead atoms. The van der Waals surface area contributed by atoms with Crippen LogP contribution in [0, 0.1) is 3.57 Å². The molecule has 96 valence electrons. The molecule has 0 atom stereocenters. The van der Waals surface area contributed by atoms with E-state index in [2.05, 4.69) is 4.74 Å². The number of hydrogen-bond donors (Lipinski definition) is 1. The molecule has 5 nitrogen and oxygen atoms in total. The highest BCUT2D eigenvalue weighted by Gasteiger charge is 2.33. The summed E-state index contributed by atoms with van der Waals surface area (Å²) in [4.78, 5) is -0.623. The molecule has 0 spiro atoms. The summed E-state index contributed by atoms with van der Waals surface area (Å²) in [5.74, 6) is -0.813. The van der Waals surface area contributed by atoms with Gasteiger partial charge < -0.3 is 4.74 Å². The molecule has 0 fully saturated rings. The smallest absolute Gasteiger partial charge is 0.405 e. The molecule has 0 radical (unpaired) electrons. The van der Waals surface area contributed by atoms with Crippen LogP contribution in [0.1, 0.15) is 0 Å². The maximum absolute atomic E-state index is 12.0. The van der Waals surface area contributed by atoms with Gasteiger partial charge >= 0.3 is 6.36 Å². The lowest BCUT2D eigenvalue weighted by Crippen LogP contribution is -2.19. The van der Waals surface area contributed by atoms with Crippen molar-refractivity contribution >= 4 is 31.2 Å². The van der Waals surface area contributed by atoms with E-state index in [0.717, 1.165) is 18.2 Å². The van der Waals surface area contributed by atoms with E-state index in [1.165, 1.54) is 0 Å². The van der Waals surface area contributed by atoms with Gasteiger partial charge in [-0.3, -0.25) is 3.07 Å². The first kappa shape index (κ1) is 14.3. The predicted octanol–water partition coefficient (Wildman–Crippen LogP) is 1.72.